The van der Waals surface area contributed by atoms with Gasteiger partial charge in [0.15, 0.2) is 11.7 Å². The second-order valence-electron chi connectivity index (χ2n) is 16.9. The average Bonchev–Trinajstić information content (AvgIpc) is 3.61. The second-order valence-corrected chi connectivity index (χ2v) is 16.9. The van der Waals surface area contributed by atoms with E-state index in [-0.39, 0.29) is 37.6 Å². The Bertz CT molecular complexity index is 1980. The zero-order valence-corrected chi connectivity index (χ0v) is 36.7. The number of benzene rings is 1. The van der Waals surface area contributed by atoms with Crippen molar-refractivity contribution in [1.29, 1.82) is 0 Å². The summed E-state index contributed by atoms with van der Waals surface area (Å²) < 4.78 is 5.89. The van der Waals surface area contributed by atoms with Crippen molar-refractivity contribution >= 4 is 47.3 Å². The van der Waals surface area contributed by atoms with E-state index in [4.69, 9.17) is 4.74 Å². The van der Waals surface area contributed by atoms with Gasteiger partial charge in [-0.3, -0.25) is 33.6 Å². The van der Waals surface area contributed by atoms with Gasteiger partial charge >= 0.3 is 5.97 Å². The van der Waals surface area contributed by atoms with Gasteiger partial charge < -0.3 is 50.5 Å². The van der Waals surface area contributed by atoms with E-state index < -0.39 is 114 Å². The fourth-order valence-corrected chi connectivity index (χ4v) is 7.60. The van der Waals surface area contributed by atoms with Crippen LogP contribution in [-0.2, 0) is 38.3 Å². The molecule has 4 rings (SSSR count). The lowest BCUT2D eigenvalue weighted by Gasteiger charge is -2.35. The summed E-state index contributed by atoms with van der Waals surface area (Å²) >= 11 is 0. The molecule has 2 aromatic rings. The van der Waals surface area contributed by atoms with Crippen LogP contribution < -0.4 is 16.0 Å². The van der Waals surface area contributed by atoms with Crippen molar-refractivity contribution in [2.75, 3.05) is 34.2 Å². The Morgan fingerprint density at radius 3 is 2.11 bits per heavy atom. The topological polar surface area (TPSA) is 248 Å². The summed E-state index contributed by atoms with van der Waals surface area (Å²) in [4.78, 5) is 121. The number of fused-ring (bicyclic) bond motifs is 1. The average molecular weight is 865 g/mol. The van der Waals surface area contributed by atoms with Gasteiger partial charge in [-0.2, -0.15) is 0 Å². The van der Waals surface area contributed by atoms with Gasteiger partial charge in [0.25, 0.3) is 5.91 Å². The van der Waals surface area contributed by atoms with Crippen LogP contribution in [0.3, 0.4) is 0 Å². The van der Waals surface area contributed by atoms with E-state index in [2.05, 4.69) is 20.9 Å². The highest BCUT2D eigenvalue weighted by molar-refractivity contribution is 6.00. The van der Waals surface area contributed by atoms with Gasteiger partial charge in [0.05, 0.1) is 12.6 Å². The zero-order chi connectivity index (χ0) is 46.2. The number of cyclic esters (lactones) is 1. The molecule has 1 aromatic heterocycles. The maximum Gasteiger partial charge on any atom is 0.333 e. The number of aromatic nitrogens is 1. The molecule has 0 aliphatic carbocycles. The van der Waals surface area contributed by atoms with Crippen molar-refractivity contribution in [3.63, 3.8) is 0 Å². The standard InChI is InChI=1S/C43H60N8O11/c1-23(2)18-29-41(59)51-21-28(52)20-31(51)42(60)48(7)22-33(54)49(8)30(19-24(3)4)37(55)45-25(5)40(58)50(9)36(27-14-11-10-12-15-27)43(61)62-26(6)34(38(56)46-29)47-39(57)35-32(53)16-13-17-44-35/h10-17,23-26,28-31,34,36,52-53H,18-22H2,1-9H3,(H,45,55)(H,46,56)(H,47,57)/t25-,26+,28+,29+,30-,31+,34?,36-/m0/s1. The van der Waals surface area contributed by atoms with Gasteiger partial charge in [-0.1, -0.05) is 58.0 Å². The number of aliphatic hydroxyl groups excluding tert-OH is 1. The lowest BCUT2D eigenvalue weighted by atomic mass is 10.0. The Morgan fingerprint density at radius 1 is 0.855 bits per heavy atom. The number of aliphatic hydroxyl groups is 1. The van der Waals surface area contributed by atoms with Gasteiger partial charge in [0.1, 0.15) is 42.1 Å². The molecule has 0 bridgehead atoms. The molecule has 0 radical (unpaired) electrons. The first-order chi connectivity index (χ1) is 29.1. The van der Waals surface area contributed by atoms with Gasteiger partial charge in [-0.25, -0.2) is 9.78 Å². The first-order valence-corrected chi connectivity index (χ1v) is 20.7. The summed E-state index contributed by atoms with van der Waals surface area (Å²) in [5, 5.41) is 29.0. The third kappa shape index (κ3) is 11.8. The first kappa shape index (κ1) is 48.6. The summed E-state index contributed by atoms with van der Waals surface area (Å²) in [6, 6.07) is 2.66. The summed E-state index contributed by atoms with van der Waals surface area (Å²) in [7, 11) is 4.11. The van der Waals surface area contributed by atoms with Gasteiger partial charge in [-0.15, -0.1) is 0 Å². The van der Waals surface area contributed by atoms with Crippen LogP contribution >= 0.6 is 0 Å². The van der Waals surface area contributed by atoms with Gasteiger partial charge in [-0.05, 0) is 56.2 Å². The van der Waals surface area contributed by atoms with Crippen LogP contribution in [0.2, 0.25) is 0 Å². The maximum absolute atomic E-state index is 14.4. The van der Waals surface area contributed by atoms with Crippen LogP contribution in [0.1, 0.15) is 82.9 Å². The highest BCUT2D eigenvalue weighted by Crippen LogP contribution is 2.26. The molecule has 338 valence electrons. The number of hydrogen-bond donors (Lipinski definition) is 5. The summed E-state index contributed by atoms with van der Waals surface area (Å²) in [6.07, 6.45) is -1.32. The molecule has 19 nitrogen and oxygen atoms in total. The van der Waals surface area contributed by atoms with Crippen molar-refractivity contribution in [3.05, 3.63) is 59.9 Å². The molecule has 7 amide bonds. The molecule has 62 heavy (non-hydrogen) atoms. The minimum atomic E-state index is -1.74. The molecular weight excluding hydrogens is 805 g/mol. The van der Waals surface area contributed by atoms with Crippen LogP contribution in [0, 0.1) is 11.8 Å². The lowest BCUT2D eigenvalue weighted by molar-refractivity contribution is -0.161. The molecule has 0 spiro atoms. The quantitative estimate of drug-likeness (QED) is 0.237. The number of hydrogen-bond acceptors (Lipinski definition) is 12. The lowest BCUT2D eigenvalue weighted by Crippen LogP contribution is -2.60. The molecule has 0 saturated carbocycles. The zero-order valence-electron chi connectivity index (χ0n) is 36.7. The summed E-state index contributed by atoms with van der Waals surface area (Å²) in [5.74, 6) is -7.25. The number of amides is 7. The second kappa shape index (κ2) is 21.1. The van der Waals surface area contributed by atoms with Crippen molar-refractivity contribution in [2.45, 2.75) is 109 Å². The van der Waals surface area contributed by atoms with E-state index in [9.17, 15) is 48.6 Å². The van der Waals surface area contributed by atoms with E-state index in [1.165, 1.54) is 58.2 Å². The number of likely N-dealkylation sites (N-methyl/N-ethyl adjacent to an activating group) is 3. The van der Waals surface area contributed by atoms with Crippen molar-refractivity contribution in [3.8, 4) is 5.75 Å². The molecule has 8 atom stereocenters. The van der Waals surface area contributed by atoms with E-state index in [1.807, 2.05) is 13.8 Å². The number of carbonyl (C=O) groups excluding carboxylic acids is 8. The fourth-order valence-electron chi connectivity index (χ4n) is 7.60. The molecule has 1 unspecified atom stereocenters. The number of esters is 1. The molecule has 2 aliphatic rings. The smallest absolute Gasteiger partial charge is 0.333 e. The number of carbonyl (C=O) groups is 8. The highest BCUT2D eigenvalue weighted by atomic mass is 16.5. The Labute approximate surface area is 361 Å². The van der Waals surface area contributed by atoms with Crippen molar-refractivity contribution in [2.24, 2.45) is 11.8 Å². The minimum Gasteiger partial charge on any atom is -0.505 e. The molecule has 3 heterocycles. The summed E-state index contributed by atoms with van der Waals surface area (Å²) in [6.45, 7) is 9.27. The molecule has 19 heteroatoms. The number of pyridine rings is 1. The molecule has 2 fully saturated rings. The van der Waals surface area contributed by atoms with Gasteiger partial charge in [0, 0.05) is 40.3 Å². The van der Waals surface area contributed by atoms with E-state index in [1.54, 1.807) is 44.2 Å². The largest absolute Gasteiger partial charge is 0.505 e. The SMILES string of the molecule is CC(C)C[C@H]1NC(=O)C(NC(=O)c2ncccc2O)[C@@H](C)OC(=O)[C@H](c2ccccc2)N(C)C(=O)[C@H](C)NC(=O)[C@H](CC(C)C)N(C)C(=O)CN(C)C(=O)[C@H]2C[C@@H](O)CN2C1=O. The Morgan fingerprint density at radius 2 is 1.50 bits per heavy atom. The molecule has 2 aliphatic heterocycles. The van der Waals surface area contributed by atoms with Crippen LogP contribution in [0.5, 0.6) is 5.75 Å². The minimum absolute atomic E-state index is 0.0353. The van der Waals surface area contributed by atoms with E-state index in [0.717, 1.165) is 14.7 Å². The fraction of sp³-hybridized carbons (Fsp3) is 0.558. The number of rotatable bonds is 7. The van der Waals surface area contributed by atoms with Crippen LogP contribution in [0.25, 0.3) is 0 Å². The van der Waals surface area contributed by atoms with E-state index in [0.29, 0.717) is 5.56 Å². The molecule has 1 aromatic carbocycles. The Hall–Kier alpha value is -6.11. The Balaban J connectivity index is 1.84. The summed E-state index contributed by atoms with van der Waals surface area (Å²) in [5.41, 5.74) is -0.143. The first-order valence-electron chi connectivity index (χ1n) is 20.7. The van der Waals surface area contributed by atoms with E-state index >= 15 is 0 Å². The number of ether oxygens (including phenoxy) is 1. The van der Waals surface area contributed by atoms with Crippen LogP contribution in [0.4, 0.5) is 0 Å². The molecular formula is C43H60N8O11. The van der Waals surface area contributed by atoms with Crippen LogP contribution in [0.15, 0.2) is 48.7 Å². The highest BCUT2D eigenvalue weighted by Gasteiger charge is 2.45. The monoisotopic (exact) mass is 864 g/mol. The predicted molar refractivity (Wildman–Crippen MR) is 223 cm³/mol. The maximum atomic E-state index is 14.4. The number of aromatic hydroxyl groups is 1. The van der Waals surface area contributed by atoms with Crippen molar-refractivity contribution < 1.29 is 53.3 Å². The number of nitrogens with zero attached hydrogens (tertiary/aromatic N) is 5. The number of nitrogens with one attached hydrogen (secondary N) is 3. The molecule has 2 saturated heterocycles. The predicted octanol–water partition coefficient (Wildman–Crippen LogP) is 0.360. The Kier molecular flexibility index (Phi) is 16.5. The third-order valence-electron chi connectivity index (χ3n) is 10.9. The molecule has 5 N–H and O–H groups in total. The van der Waals surface area contributed by atoms with Gasteiger partial charge in [0.2, 0.25) is 35.4 Å². The van der Waals surface area contributed by atoms with Crippen molar-refractivity contribution in [1.82, 2.24) is 40.5 Å². The third-order valence-corrected chi connectivity index (χ3v) is 10.9. The normalized spacial score (nSPS) is 26.7. The van der Waals surface area contributed by atoms with Crippen LogP contribution in [-0.4, -0.2) is 159 Å².